The van der Waals surface area contributed by atoms with Gasteiger partial charge in [-0.25, -0.2) is 0 Å². The highest BCUT2D eigenvalue weighted by molar-refractivity contribution is 5.78. The number of quaternary nitrogens is 1. The number of carbonyl (C=O) groups excluding carboxylic acids is 2. The van der Waals surface area contributed by atoms with Crippen molar-refractivity contribution in [2.24, 2.45) is 0 Å². The number of likely N-dealkylation sites (N-methyl/N-ethyl adjacent to an activating group) is 1. The van der Waals surface area contributed by atoms with Crippen molar-refractivity contribution in [3.05, 3.63) is 24.3 Å². The zero-order valence-electron chi connectivity index (χ0n) is 33.4. The molecule has 0 aromatic heterocycles. The smallest absolute Gasteiger partial charge is 0.306 e. The molecule has 0 saturated carbocycles. The molecule has 0 aliphatic carbocycles. The van der Waals surface area contributed by atoms with Crippen LogP contribution in [0.3, 0.4) is 0 Å². The van der Waals surface area contributed by atoms with Crippen molar-refractivity contribution in [2.45, 2.75) is 219 Å². The molecule has 0 N–H and O–H groups in total. The van der Waals surface area contributed by atoms with Gasteiger partial charge in [0.1, 0.15) is 12.3 Å². The Balaban J connectivity index is 4.03. The van der Waals surface area contributed by atoms with Crippen LogP contribution in [0, 0.1) is 0 Å². The Hall–Kier alpha value is -1.42. The molecule has 1 unspecified atom stereocenters. The average molecular weight is 675 g/mol. The molecule has 0 fully saturated rings. The van der Waals surface area contributed by atoms with Crippen molar-refractivity contribution in [3.8, 4) is 0 Å². The first-order valence-electron chi connectivity index (χ1n) is 21.0. The third-order valence-corrected chi connectivity index (χ3v) is 9.46. The molecule has 4 heteroatoms. The van der Waals surface area contributed by atoms with Gasteiger partial charge in [0.05, 0.1) is 21.1 Å². The van der Waals surface area contributed by atoms with Gasteiger partial charge in [-0.1, -0.05) is 141 Å². The first-order chi connectivity index (χ1) is 23.1. The van der Waals surface area contributed by atoms with E-state index in [9.17, 15) is 9.59 Å². The number of hydrogen-bond donors (Lipinski definition) is 0. The van der Waals surface area contributed by atoms with Crippen LogP contribution in [0.2, 0.25) is 0 Å². The Kier molecular flexibility index (Phi) is 31.8. The topological polar surface area (TPSA) is 43.4 Å². The number of nitrogens with zero attached hydrogens (tertiary/aromatic N) is 1. The van der Waals surface area contributed by atoms with E-state index in [0.717, 1.165) is 25.7 Å². The van der Waals surface area contributed by atoms with Gasteiger partial charge < -0.3 is 9.22 Å². The first kappa shape index (κ1) is 46.6. The maximum absolute atomic E-state index is 12.8. The lowest BCUT2D eigenvalue weighted by atomic mass is 9.95. The van der Waals surface area contributed by atoms with E-state index in [-0.39, 0.29) is 5.97 Å². The molecule has 0 rings (SSSR count). The number of unbranched alkanes of at least 4 members (excludes halogenated alkanes) is 22. The normalized spacial score (nSPS) is 13.5. The van der Waals surface area contributed by atoms with E-state index in [1.165, 1.54) is 141 Å². The van der Waals surface area contributed by atoms with Crippen LogP contribution in [-0.2, 0) is 14.3 Å². The van der Waals surface area contributed by atoms with Gasteiger partial charge in [0.2, 0.25) is 0 Å². The molecule has 0 aromatic carbocycles. The molecular formula is C44H84NO3+. The number of Topliss-reactive ketones (excluding diaryl/α,β-unsaturated/α-hetero) is 1. The second-order valence-electron chi connectivity index (χ2n) is 16.1. The maximum atomic E-state index is 12.8. The van der Waals surface area contributed by atoms with Gasteiger partial charge in [-0.2, -0.15) is 0 Å². The van der Waals surface area contributed by atoms with E-state index < -0.39 is 5.60 Å². The Bertz CT molecular complexity index is 795. The summed E-state index contributed by atoms with van der Waals surface area (Å²) in [6, 6.07) is 0. The third kappa shape index (κ3) is 34.4. The lowest BCUT2D eigenvalue weighted by molar-refractivity contribution is -0.876. The van der Waals surface area contributed by atoms with Crippen molar-refractivity contribution >= 4 is 11.8 Å². The zero-order chi connectivity index (χ0) is 35.6. The van der Waals surface area contributed by atoms with Crippen molar-refractivity contribution in [3.63, 3.8) is 0 Å². The largest absolute Gasteiger partial charge is 0.453 e. The molecule has 0 bridgehead atoms. The molecule has 0 aromatic rings. The summed E-state index contributed by atoms with van der Waals surface area (Å²) >= 11 is 0. The third-order valence-electron chi connectivity index (χ3n) is 9.46. The van der Waals surface area contributed by atoms with E-state index in [1.807, 2.05) is 6.92 Å². The number of ether oxygens (including phenoxy) is 1. The second-order valence-corrected chi connectivity index (χ2v) is 16.1. The molecular weight excluding hydrogens is 590 g/mol. The molecule has 0 aliphatic heterocycles. The minimum atomic E-state index is -0.602. The number of ketones is 1. The van der Waals surface area contributed by atoms with Crippen LogP contribution in [0.5, 0.6) is 0 Å². The predicted octanol–water partition coefficient (Wildman–Crippen LogP) is 13.4. The number of hydrogen-bond acceptors (Lipinski definition) is 3. The van der Waals surface area contributed by atoms with Crippen LogP contribution < -0.4 is 0 Å². The minimum Gasteiger partial charge on any atom is -0.453 e. The van der Waals surface area contributed by atoms with E-state index in [2.05, 4.69) is 59.3 Å². The van der Waals surface area contributed by atoms with Gasteiger partial charge in [-0.05, 0) is 77.6 Å². The van der Waals surface area contributed by atoms with E-state index in [0.29, 0.717) is 42.5 Å². The summed E-state index contributed by atoms with van der Waals surface area (Å²) in [6.45, 7) is 7.29. The summed E-state index contributed by atoms with van der Waals surface area (Å²) < 4.78 is 6.80. The summed E-state index contributed by atoms with van der Waals surface area (Å²) in [7, 11) is 6.38. The average Bonchev–Trinajstić information content (AvgIpc) is 3.03. The Morgan fingerprint density at radius 2 is 0.854 bits per heavy atom. The van der Waals surface area contributed by atoms with E-state index in [4.69, 9.17) is 4.74 Å². The van der Waals surface area contributed by atoms with Crippen LogP contribution in [0.1, 0.15) is 213 Å². The highest BCUT2D eigenvalue weighted by Gasteiger charge is 2.35. The summed E-state index contributed by atoms with van der Waals surface area (Å²) in [4.78, 5) is 25.6. The predicted molar refractivity (Wildman–Crippen MR) is 211 cm³/mol. The molecule has 48 heavy (non-hydrogen) atoms. The summed E-state index contributed by atoms with van der Waals surface area (Å²) in [5.74, 6) is 0.210. The molecule has 0 spiro atoms. The Morgan fingerprint density at radius 3 is 1.25 bits per heavy atom. The summed E-state index contributed by atoms with van der Waals surface area (Å²) in [6.07, 6.45) is 44.4. The fourth-order valence-corrected chi connectivity index (χ4v) is 6.75. The molecule has 4 nitrogen and oxygen atoms in total. The maximum Gasteiger partial charge on any atom is 0.306 e. The highest BCUT2D eigenvalue weighted by Crippen LogP contribution is 2.24. The van der Waals surface area contributed by atoms with E-state index >= 15 is 0 Å². The SMILES string of the molecule is CCCCCCCC/C=C\CCCCCCCC(=O)CCC(C)(C[N+](C)(C)C)OC(=O)CCCCCCC/C=C\CCCCCCCC. The van der Waals surface area contributed by atoms with Crippen molar-refractivity contribution < 1.29 is 18.8 Å². The van der Waals surface area contributed by atoms with Gasteiger partial charge in [-0.3, -0.25) is 9.59 Å². The van der Waals surface area contributed by atoms with Crippen LogP contribution in [0.15, 0.2) is 24.3 Å². The van der Waals surface area contributed by atoms with Crippen molar-refractivity contribution in [1.82, 2.24) is 0 Å². The van der Waals surface area contributed by atoms with Crippen LogP contribution in [0.25, 0.3) is 0 Å². The van der Waals surface area contributed by atoms with Crippen LogP contribution in [0.4, 0.5) is 0 Å². The molecule has 0 aliphatic rings. The number of rotatable bonds is 36. The van der Waals surface area contributed by atoms with Crippen molar-refractivity contribution in [2.75, 3.05) is 27.7 Å². The second kappa shape index (κ2) is 32.8. The van der Waals surface area contributed by atoms with Gasteiger partial charge >= 0.3 is 5.97 Å². The fourth-order valence-electron chi connectivity index (χ4n) is 6.75. The lowest BCUT2D eigenvalue weighted by Gasteiger charge is -2.36. The standard InChI is InChI=1S/C44H84NO3/c1-7-9-11-13-15-17-19-21-23-25-27-29-31-33-35-37-42(46)39-40-44(3,41-45(4,5)6)48-43(47)38-36-34-32-30-28-26-24-22-20-18-16-14-12-10-8-2/h21-24H,7-20,25-41H2,1-6H3/q+1/b23-21-,24-22-. The molecule has 0 amide bonds. The highest BCUT2D eigenvalue weighted by atomic mass is 16.6. The van der Waals surface area contributed by atoms with Gasteiger partial charge in [-0.15, -0.1) is 0 Å². The van der Waals surface area contributed by atoms with Crippen LogP contribution in [-0.4, -0.2) is 49.5 Å². The van der Waals surface area contributed by atoms with Crippen LogP contribution >= 0.6 is 0 Å². The molecule has 0 heterocycles. The van der Waals surface area contributed by atoms with Gasteiger partial charge in [0.25, 0.3) is 0 Å². The van der Waals surface area contributed by atoms with E-state index in [1.54, 1.807) is 0 Å². The van der Waals surface area contributed by atoms with Gasteiger partial charge in [0.15, 0.2) is 5.60 Å². The summed E-state index contributed by atoms with van der Waals surface area (Å²) in [5.41, 5.74) is -0.602. The summed E-state index contributed by atoms with van der Waals surface area (Å²) in [5, 5.41) is 0. The Morgan fingerprint density at radius 1 is 0.500 bits per heavy atom. The van der Waals surface area contributed by atoms with Gasteiger partial charge in [0, 0.05) is 19.3 Å². The van der Waals surface area contributed by atoms with Crippen molar-refractivity contribution in [1.29, 1.82) is 0 Å². The number of esters is 1. The number of carbonyl (C=O) groups is 2. The molecule has 0 radical (unpaired) electrons. The fraction of sp³-hybridized carbons (Fsp3) is 0.864. The number of allylic oxidation sites excluding steroid dienone is 4. The molecule has 282 valence electrons. The first-order valence-corrected chi connectivity index (χ1v) is 21.0. The quantitative estimate of drug-likeness (QED) is 0.0287. The zero-order valence-corrected chi connectivity index (χ0v) is 33.4. The minimum absolute atomic E-state index is 0.103. The Labute approximate surface area is 300 Å². The molecule has 1 atom stereocenters. The molecule has 0 saturated heterocycles. The monoisotopic (exact) mass is 675 g/mol. The lowest BCUT2D eigenvalue weighted by Crippen LogP contribution is -2.50.